The number of methoxy groups -OCH3 is 2. The molecule has 0 spiro atoms. The second-order valence-corrected chi connectivity index (χ2v) is 6.84. The minimum Gasteiger partial charge on any atom is -0.496 e. The lowest BCUT2D eigenvalue weighted by Crippen LogP contribution is -2.41. The normalized spacial score (nSPS) is 12.6. The zero-order chi connectivity index (χ0) is 20.5. The predicted molar refractivity (Wildman–Crippen MR) is 115 cm³/mol. The van der Waals surface area contributed by atoms with Crippen LogP contribution in [0.5, 0.6) is 11.5 Å². The van der Waals surface area contributed by atoms with Gasteiger partial charge >= 0.3 is 0 Å². The van der Waals surface area contributed by atoms with Gasteiger partial charge in [-0.3, -0.25) is 4.99 Å². The van der Waals surface area contributed by atoms with Crippen molar-refractivity contribution in [3.05, 3.63) is 59.2 Å². The summed E-state index contributed by atoms with van der Waals surface area (Å²) in [6, 6.07) is 14.4. The number of aliphatic imine (C=N–C) groups is 1. The molecular weight excluding hydrogens is 352 g/mol. The minimum atomic E-state index is 0.142. The summed E-state index contributed by atoms with van der Waals surface area (Å²) < 4.78 is 11.0. The quantitative estimate of drug-likeness (QED) is 0.541. The first-order valence-electron chi connectivity index (χ1n) is 9.37. The van der Waals surface area contributed by atoms with Gasteiger partial charge in [-0.1, -0.05) is 30.3 Å². The SMILES string of the molecule is CN=C(NCc1ccc(C)cc1OC)NCC(c1ccccc1OC)N(C)C. The van der Waals surface area contributed by atoms with E-state index >= 15 is 0 Å². The van der Waals surface area contributed by atoms with Gasteiger partial charge < -0.3 is 25.0 Å². The second kappa shape index (κ2) is 10.6. The highest BCUT2D eigenvalue weighted by Crippen LogP contribution is 2.27. The first-order chi connectivity index (χ1) is 13.5. The highest BCUT2D eigenvalue weighted by molar-refractivity contribution is 5.79. The summed E-state index contributed by atoms with van der Waals surface area (Å²) in [5.74, 6) is 2.50. The highest BCUT2D eigenvalue weighted by atomic mass is 16.5. The summed E-state index contributed by atoms with van der Waals surface area (Å²) in [6.45, 7) is 3.38. The van der Waals surface area contributed by atoms with E-state index in [1.807, 2.05) is 24.3 Å². The molecule has 2 aromatic rings. The molecule has 0 aliphatic rings. The van der Waals surface area contributed by atoms with Gasteiger partial charge in [-0.25, -0.2) is 0 Å². The number of ether oxygens (including phenoxy) is 2. The molecule has 2 N–H and O–H groups in total. The van der Waals surface area contributed by atoms with Crippen LogP contribution in [0.25, 0.3) is 0 Å². The number of hydrogen-bond acceptors (Lipinski definition) is 4. The van der Waals surface area contributed by atoms with Crippen molar-refractivity contribution >= 4 is 5.96 Å². The fourth-order valence-electron chi connectivity index (χ4n) is 3.10. The third kappa shape index (κ3) is 5.63. The van der Waals surface area contributed by atoms with Crippen LogP contribution in [0.15, 0.2) is 47.5 Å². The van der Waals surface area contributed by atoms with E-state index in [0.29, 0.717) is 13.1 Å². The lowest BCUT2D eigenvalue weighted by molar-refractivity contribution is 0.287. The molecule has 0 saturated heterocycles. The maximum atomic E-state index is 5.54. The van der Waals surface area contributed by atoms with Crippen LogP contribution in [0.2, 0.25) is 0 Å². The van der Waals surface area contributed by atoms with Crippen molar-refractivity contribution in [1.29, 1.82) is 0 Å². The Kier molecular flexibility index (Phi) is 8.14. The molecule has 0 fully saturated rings. The fraction of sp³-hybridized carbons (Fsp3) is 0.409. The van der Waals surface area contributed by atoms with Crippen molar-refractivity contribution in [3.8, 4) is 11.5 Å². The Morgan fingerprint density at radius 2 is 1.75 bits per heavy atom. The number of guanidine groups is 1. The number of nitrogens with zero attached hydrogens (tertiary/aromatic N) is 2. The molecule has 2 rings (SSSR count). The van der Waals surface area contributed by atoms with Gasteiger partial charge in [-0.05, 0) is 38.7 Å². The van der Waals surface area contributed by atoms with Crippen LogP contribution in [-0.2, 0) is 6.54 Å². The first kappa shape index (κ1) is 21.6. The Bertz CT molecular complexity index is 790. The van der Waals surface area contributed by atoms with E-state index in [1.54, 1.807) is 21.3 Å². The van der Waals surface area contributed by atoms with E-state index in [4.69, 9.17) is 9.47 Å². The smallest absolute Gasteiger partial charge is 0.191 e. The molecule has 2 aromatic carbocycles. The van der Waals surface area contributed by atoms with Gasteiger partial charge in [0.25, 0.3) is 0 Å². The van der Waals surface area contributed by atoms with Crippen LogP contribution in [0.4, 0.5) is 0 Å². The fourth-order valence-corrected chi connectivity index (χ4v) is 3.10. The van der Waals surface area contributed by atoms with E-state index < -0.39 is 0 Å². The molecule has 0 aliphatic carbocycles. The summed E-state index contributed by atoms with van der Waals surface area (Å²) in [5.41, 5.74) is 3.40. The van der Waals surface area contributed by atoms with E-state index in [9.17, 15) is 0 Å². The molecule has 1 atom stereocenters. The van der Waals surface area contributed by atoms with Crippen LogP contribution in [0.3, 0.4) is 0 Å². The Morgan fingerprint density at radius 3 is 2.39 bits per heavy atom. The van der Waals surface area contributed by atoms with Gasteiger partial charge in [0.05, 0.1) is 20.3 Å². The van der Waals surface area contributed by atoms with Crippen molar-refractivity contribution in [2.45, 2.75) is 19.5 Å². The summed E-state index contributed by atoms with van der Waals surface area (Å²) in [4.78, 5) is 6.52. The molecule has 0 heterocycles. The largest absolute Gasteiger partial charge is 0.496 e. The lowest BCUT2D eigenvalue weighted by atomic mass is 10.0. The summed E-state index contributed by atoms with van der Waals surface area (Å²) in [5, 5.41) is 6.78. The first-order valence-corrected chi connectivity index (χ1v) is 9.37. The Morgan fingerprint density at radius 1 is 1.04 bits per heavy atom. The molecule has 0 radical (unpaired) electrons. The Balaban J connectivity index is 2.04. The topological polar surface area (TPSA) is 58.1 Å². The van der Waals surface area contributed by atoms with Gasteiger partial charge in [0.2, 0.25) is 0 Å². The number of likely N-dealkylation sites (N-methyl/N-ethyl adjacent to an activating group) is 1. The zero-order valence-electron chi connectivity index (χ0n) is 17.7. The molecule has 0 amide bonds. The van der Waals surface area contributed by atoms with Gasteiger partial charge in [-0.15, -0.1) is 0 Å². The van der Waals surface area contributed by atoms with Crippen LogP contribution >= 0.6 is 0 Å². The van der Waals surface area contributed by atoms with Gasteiger partial charge in [0, 0.05) is 31.3 Å². The van der Waals surface area contributed by atoms with Crippen molar-refractivity contribution in [3.63, 3.8) is 0 Å². The minimum absolute atomic E-state index is 0.142. The molecule has 152 valence electrons. The summed E-state index contributed by atoms with van der Waals surface area (Å²) in [6.07, 6.45) is 0. The van der Waals surface area contributed by atoms with Crippen molar-refractivity contribution < 1.29 is 9.47 Å². The van der Waals surface area contributed by atoms with Crippen LogP contribution < -0.4 is 20.1 Å². The third-order valence-electron chi connectivity index (χ3n) is 4.70. The number of benzene rings is 2. The highest BCUT2D eigenvalue weighted by Gasteiger charge is 2.18. The van der Waals surface area contributed by atoms with Crippen molar-refractivity contribution in [2.24, 2.45) is 4.99 Å². The molecule has 0 saturated carbocycles. The van der Waals surface area contributed by atoms with Gasteiger partial charge in [-0.2, -0.15) is 0 Å². The molecule has 28 heavy (non-hydrogen) atoms. The number of nitrogens with one attached hydrogen (secondary N) is 2. The number of rotatable bonds is 8. The average molecular weight is 385 g/mol. The monoisotopic (exact) mass is 384 g/mol. The van der Waals surface area contributed by atoms with Gasteiger partial charge in [0.1, 0.15) is 11.5 Å². The molecular formula is C22H32N4O2. The van der Waals surface area contributed by atoms with Crippen LogP contribution in [0, 0.1) is 6.92 Å². The van der Waals surface area contributed by atoms with E-state index in [2.05, 4.69) is 59.7 Å². The Labute approximate surface area is 168 Å². The predicted octanol–water partition coefficient (Wildman–Crippen LogP) is 2.98. The maximum Gasteiger partial charge on any atom is 0.191 e. The molecule has 0 aromatic heterocycles. The molecule has 1 unspecified atom stereocenters. The van der Waals surface area contributed by atoms with Crippen LogP contribution in [0.1, 0.15) is 22.7 Å². The molecule has 0 aliphatic heterocycles. The maximum absolute atomic E-state index is 5.54. The zero-order valence-corrected chi connectivity index (χ0v) is 17.7. The molecule has 6 nitrogen and oxygen atoms in total. The third-order valence-corrected chi connectivity index (χ3v) is 4.70. The lowest BCUT2D eigenvalue weighted by Gasteiger charge is -2.27. The standard InChI is InChI=1S/C22H32N4O2/c1-16-11-12-17(21(13-16)28-6)14-24-22(23-2)25-15-19(26(3)4)18-9-7-8-10-20(18)27-5/h7-13,19H,14-15H2,1-6H3,(H2,23,24,25). The number of aryl methyl sites for hydroxylation is 1. The Hall–Kier alpha value is -2.73. The molecule has 0 bridgehead atoms. The van der Waals surface area contributed by atoms with E-state index in [0.717, 1.165) is 28.6 Å². The van der Waals surface area contributed by atoms with E-state index in [-0.39, 0.29) is 6.04 Å². The second-order valence-electron chi connectivity index (χ2n) is 6.84. The number of para-hydroxylation sites is 1. The van der Waals surface area contributed by atoms with Crippen molar-refractivity contribution in [2.75, 3.05) is 41.9 Å². The van der Waals surface area contributed by atoms with Gasteiger partial charge in [0.15, 0.2) is 5.96 Å². The average Bonchev–Trinajstić information content (AvgIpc) is 2.71. The van der Waals surface area contributed by atoms with E-state index in [1.165, 1.54) is 5.56 Å². The summed E-state index contributed by atoms with van der Waals surface area (Å²) in [7, 11) is 9.29. The van der Waals surface area contributed by atoms with Crippen molar-refractivity contribution in [1.82, 2.24) is 15.5 Å². The van der Waals surface area contributed by atoms with Crippen LogP contribution in [-0.4, -0.2) is 52.8 Å². The summed E-state index contributed by atoms with van der Waals surface area (Å²) >= 11 is 0. The molecule has 6 heteroatoms. The number of hydrogen-bond donors (Lipinski definition) is 2.